The van der Waals surface area contributed by atoms with Crippen molar-refractivity contribution in [2.24, 2.45) is 10.9 Å². The van der Waals surface area contributed by atoms with Crippen LogP contribution in [0.2, 0.25) is 0 Å². The summed E-state index contributed by atoms with van der Waals surface area (Å²) in [5, 5.41) is 0. The molecule has 1 aromatic heterocycles. The molecule has 3 heterocycles. The van der Waals surface area contributed by atoms with Crippen LogP contribution in [0.15, 0.2) is 92.0 Å². The lowest BCUT2D eigenvalue weighted by molar-refractivity contribution is -0.139. The Balaban J connectivity index is 1.34. The number of rotatable bonds is 7. The monoisotopic (exact) mass is 634 g/mol. The molecule has 0 saturated carbocycles. The summed E-state index contributed by atoms with van der Waals surface area (Å²) in [7, 11) is 0. The molecule has 3 aliphatic rings. The highest BCUT2D eigenvalue weighted by Crippen LogP contribution is 2.38. The summed E-state index contributed by atoms with van der Waals surface area (Å²) >= 11 is 4.98. The second-order valence-electron chi connectivity index (χ2n) is 9.71. The summed E-state index contributed by atoms with van der Waals surface area (Å²) in [6, 6.07) is 14.7. The fraction of sp³-hybridized carbons (Fsp3) is 0.258. The Labute approximate surface area is 248 Å². The minimum atomic E-state index is -0.714. The number of thiazole rings is 1. The number of ether oxygens (including phenoxy) is 4. The van der Waals surface area contributed by atoms with Crippen molar-refractivity contribution in [1.29, 1.82) is 0 Å². The highest BCUT2D eigenvalue weighted by atomic mass is 79.9. The molecular formula is C31H27BrN2O6S. The molecule has 1 aliphatic carbocycles. The van der Waals surface area contributed by atoms with Gasteiger partial charge in [0.25, 0.3) is 5.56 Å². The molecule has 41 heavy (non-hydrogen) atoms. The standard InChI is InChI=1S/C31H27BrN2O6S/c1-3-37-30(36)27-18(2)33-31-34(28(27)21-10-12-24-25(15-21)40-17-39-24)29(35)26(41-31)14-20-9-11-23(22(32)13-20)38-16-19-7-5-4-6-8-19/h4-12,14-15,20,28H,3,13,16-17H2,1-2H3/t20-,28+/m0/s1. The van der Waals surface area contributed by atoms with Crippen LogP contribution in [0.3, 0.4) is 0 Å². The van der Waals surface area contributed by atoms with E-state index in [1.165, 1.54) is 11.3 Å². The van der Waals surface area contributed by atoms with E-state index in [1.54, 1.807) is 24.5 Å². The summed E-state index contributed by atoms with van der Waals surface area (Å²) in [5.41, 5.74) is 2.43. The summed E-state index contributed by atoms with van der Waals surface area (Å²) in [4.78, 5) is 32.2. The number of halogens is 1. The molecule has 3 aromatic rings. The van der Waals surface area contributed by atoms with E-state index in [4.69, 9.17) is 18.9 Å². The van der Waals surface area contributed by atoms with E-state index in [1.807, 2.05) is 60.7 Å². The number of esters is 1. The quantitative estimate of drug-likeness (QED) is 0.344. The average Bonchev–Trinajstić information content (AvgIpc) is 3.56. The molecule has 0 saturated heterocycles. The van der Waals surface area contributed by atoms with E-state index >= 15 is 0 Å². The van der Waals surface area contributed by atoms with Gasteiger partial charge in [-0.15, -0.1) is 0 Å². The molecule has 0 bridgehead atoms. The molecule has 2 aliphatic heterocycles. The Hall–Kier alpha value is -3.89. The van der Waals surface area contributed by atoms with Gasteiger partial charge in [-0.2, -0.15) is 0 Å². The van der Waals surface area contributed by atoms with E-state index in [-0.39, 0.29) is 24.9 Å². The Morgan fingerprint density at radius 3 is 2.78 bits per heavy atom. The van der Waals surface area contributed by atoms with Crippen LogP contribution in [0.1, 0.15) is 37.4 Å². The van der Waals surface area contributed by atoms with Gasteiger partial charge >= 0.3 is 5.97 Å². The summed E-state index contributed by atoms with van der Waals surface area (Å²) in [5.74, 6) is 1.44. The van der Waals surface area contributed by atoms with Gasteiger partial charge in [0.15, 0.2) is 16.3 Å². The number of benzene rings is 2. The maximum Gasteiger partial charge on any atom is 0.338 e. The van der Waals surface area contributed by atoms with Crippen LogP contribution < -0.4 is 24.4 Å². The number of aromatic nitrogens is 1. The summed E-state index contributed by atoms with van der Waals surface area (Å²) in [6.07, 6.45) is 6.58. The number of carbonyl (C=O) groups is 1. The Kier molecular flexibility index (Phi) is 7.68. The van der Waals surface area contributed by atoms with Crippen molar-refractivity contribution in [1.82, 2.24) is 4.57 Å². The summed E-state index contributed by atoms with van der Waals surface area (Å²) in [6.45, 7) is 4.33. The van der Waals surface area contributed by atoms with Crippen LogP contribution in [0.25, 0.3) is 6.08 Å². The number of hydrogen-bond donors (Lipinski definition) is 0. The van der Waals surface area contributed by atoms with E-state index in [2.05, 4.69) is 20.9 Å². The Morgan fingerprint density at radius 2 is 2.00 bits per heavy atom. The van der Waals surface area contributed by atoms with E-state index in [9.17, 15) is 9.59 Å². The topological polar surface area (TPSA) is 88.4 Å². The third-order valence-corrected chi connectivity index (χ3v) is 8.72. The number of hydrogen-bond acceptors (Lipinski definition) is 8. The maximum absolute atomic E-state index is 13.9. The van der Waals surface area contributed by atoms with Crippen molar-refractivity contribution >= 4 is 39.3 Å². The minimum Gasteiger partial charge on any atom is -0.488 e. The number of nitrogens with zero attached hydrogens (tertiary/aromatic N) is 2. The molecule has 0 N–H and O–H groups in total. The molecule has 0 radical (unpaired) electrons. The van der Waals surface area contributed by atoms with Crippen LogP contribution in [0.5, 0.6) is 11.5 Å². The molecule has 0 amide bonds. The van der Waals surface area contributed by atoms with Gasteiger partial charge in [-0.3, -0.25) is 9.36 Å². The number of fused-ring (bicyclic) bond motifs is 2. The van der Waals surface area contributed by atoms with Crippen molar-refractivity contribution in [3.8, 4) is 11.5 Å². The van der Waals surface area contributed by atoms with Crippen LogP contribution in [0.4, 0.5) is 0 Å². The molecule has 2 aromatic carbocycles. The number of carbonyl (C=O) groups excluding carboxylic acids is 1. The largest absolute Gasteiger partial charge is 0.488 e. The molecule has 210 valence electrons. The summed E-state index contributed by atoms with van der Waals surface area (Å²) < 4.78 is 25.5. The van der Waals surface area contributed by atoms with Crippen molar-refractivity contribution in [2.75, 3.05) is 13.4 Å². The molecule has 6 rings (SSSR count). The third kappa shape index (κ3) is 5.41. The third-order valence-electron chi connectivity index (χ3n) is 7.01. The van der Waals surface area contributed by atoms with Gasteiger partial charge in [-0.1, -0.05) is 75.8 Å². The average molecular weight is 636 g/mol. The van der Waals surface area contributed by atoms with Crippen molar-refractivity contribution < 1.29 is 23.7 Å². The molecule has 0 fully saturated rings. The first kappa shape index (κ1) is 27.3. The first-order chi connectivity index (χ1) is 19.9. The van der Waals surface area contributed by atoms with E-state index in [0.29, 0.717) is 50.7 Å². The van der Waals surface area contributed by atoms with Gasteiger partial charge in [-0.25, -0.2) is 9.79 Å². The fourth-order valence-corrected chi connectivity index (χ4v) is 6.77. The maximum atomic E-state index is 13.9. The van der Waals surface area contributed by atoms with Gasteiger partial charge < -0.3 is 18.9 Å². The lowest BCUT2D eigenvalue weighted by Gasteiger charge is -2.24. The highest BCUT2D eigenvalue weighted by molar-refractivity contribution is 9.11. The second kappa shape index (κ2) is 11.5. The van der Waals surface area contributed by atoms with Crippen LogP contribution in [-0.2, 0) is 20.9 Å². The zero-order valence-electron chi connectivity index (χ0n) is 22.5. The second-order valence-corrected chi connectivity index (χ2v) is 11.7. The molecule has 0 spiro atoms. The van der Waals surface area contributed by atoms with Crippen LogP contribution in [-0.4, -0.2) is 23.9 Å². The van der Waals surface area contributed by atoms with Crippen molar-refractivity contribution in [2.45, 2.75) is 32.9 Å². The fourth-order valence-electron chi connectivity index (χ4n) is 5.05. The lowest BCUT2D eigenvalue weighted by Crippen LogP contribution is -2.40. The van der Waals surface area contributed by atoms with Crippen LogP contribution in [0, 0.1) is 5.92 Å². The molecular weight excluding hydrogens is 608 g/mol. The Bertz CT molecular complexity index is 1790. The van der Waals surface area contributed by atoms with Gasteiger partial charge in [0.05, 0.1) is 28.5 Å². The predicted octanol–water partition coefficient (Wildman–Crippen LogP) is 4.88. The smallest absolute Gasteiger partial charge is 0.338 e. The first-order valence-electron chi connectivity index (χ1n) is 13.3. The SMILES string of the molecule is CCOC(=O)C1=C(C)N=c2sc(=C[C@H]3C=CC(OCc4ccccc4)=C(Br)C3)c(=O)n2[C@@H]1c1ccc2c(c1)OCO2. The van der Waals surface area contributed by atoms with Crippen molar-refractivity contribution in [3.05, 3.63) is 113 Å². The first-order valence-corrected chi connectivity index (χ1v) is 14.9. The van der Waals surface area contributed by atoms with Crippen LogP contribution >= 0.6 is 27.3 Å². The van der Waals surface area contributed by atoms with Gasteiger partial charge in [0.1, 0.15) is 12.4 Å². The molecule has 2 atom stereocenters. The molecule has 8 nitrogen and oxygen atoms in total. The Morgan fingerprint density at radius 1 is 1.20 bits per heavy atom. The zero-order valence-corrected chi connectivity index (χ0v) is 24.9. The number of allylic oxidation sites excluding steroid dienone is 4. The van der Waals surface area contributed by atoms with Crippen molar-refractivity contribution in [3.63, 3.8) is 0 Å². The lowest BCUT2D eigenvalue weighted by atomic mass is 9.95. The molecule has 0 unspecified atom stereocenters. The normalized spacial score (nSPS) is 19.7. The van der Waals surface area contributed by atoms with Gasteiger partial charge in [0, 0.05) is 10.4 Å². The highest BCUT2D eigenvalue weighted by Gasteiger charge is 2.34. The van der Waals surface area contributed by atoms with Gasteiger partial charge in [0.2, 0.25) is 6.79 Å². The molecule has 10 heteroatoms. The van der Waals surface area contributed by atoms with E-state index < -0.39 is 12.0 Å². The minimum absolute atomic E-state index is 0.0237. The zero-order chi connectivity index (χ0) is 28.5. The predicted molar refractivity (Wildman–Crippen MR) is 158 cm³/mol. The van der Waals surface area contributed by atoms with E-state index in [0.717, 1.165) is 15.8 Å². The van der Waals surface area contributed by atoms with Gasteiger partial charge in [-0.05, 0) is 49.6 Å².